The van der Waals surface area contributed by atoms with Crippen LogP contribution in [0.3, 0.4) is 0 Å². The third-order valence-electron chi connectivity index (χ3n) is 3.23. The van der Waals surface area contributed by atoms with Crippen LogP contribution in [-0.2, 0) is 6.54 Å². The molecule has 18 heavy (non-hydrogen) atoms. The van der Waals surface area contributed by atoms with Gasteiger partial charge < -0.3 is 15.0 Å². The molecule has 1 aromatic rings. The molecule has 0 aromatic heterocycles. The average Bonchev–Trinajstić information content (AvgIpc) is 2.39. The van der Waals surface area contributed by atoms with Crippen molar-refractivity contribution in [2.75, 3.05) is 27.2 Å². The van der Waals surface area contributed by atoms with E-state index < -0.39 is 0 Å². The molecule has 0 saturated heterocycles. The van der Waals surface area contributed by atoms with E-state index >= 15 is 0 Å². The lowest BCUT2D eigenvalue weighted by Crippen LogP contribution is -2.33. The van der Waals surface area contributed by atoms with Crippen molar-refractivity contribution in [1.82, 2.24) is 10.2 Å². The van der Waals surface area contributed by atoms with E-state index in [2.05, 4.69) is 43.2 Å². The normalized spacial score (nSPS) is 12.7. The molecule has 1 aromatic carbocycles. The van der Waals surface area contributed by atoms with Gasteiger partial charge in [-0.3, -0.25) is 0 Å². The van der Waals surface area contributed by atoms with Gasteiger partial charge in [-0.05, 0) is 26.5 Å². The highest BCUT2D eigenvalue weighted by Crippen LogP contribution is 2.18. The fourth-order valence-corrected chi connectivity index (χ4v) is 1.85. The maximum absolute atomic E-state index is 5.36. The number of nitrogens with zero attached hydrogens (tertiary/aromatic N) is 1. The van der Waals surface area contributed by atoms with Crippen LogP contribution in [0, 0.1) is 0 Å². The van der Waals surface area contributed by atoms with E-state index in [1.807, 2.05) is 12.1 Å². The first kappa shape index (κ1) is 15.0. The summed E-state index contributed by atoms with van der Waals surface area (Å²) in [5.74, 6) is 0.972. The van der Waals surface area contributed by atoms with Crippen molar-refractivity contribution in [1.29, 1.82) is 0 Å². The van der Waals surface area contributed by atoms with Gasteiger partial charge in [0.25, 0.3) is 0 Å². The summed E-state index contributed by atoms with van der Waals surface area (Å²) in [5, 5.41) is 3.50. The zero-order chi connectivity index (χ0) is 13.4. The van der Waals surface area contributed by atoms with Crippen molar-refractivity contribution in [2.24, 2.45) is 0 Å². The number of benzene rings is 1. The number of nitrogens with one attached hydrogen (secondary N) is 1. The first-order valence-electron chi connectivity index (χ1n) is 6.71. The molecule has 1 atom stereocenters. The molecule has 3 heteroatoms. The van der Waals surface area contributed by atoms with Crippen LogP contribution in [0.2, 0.25) is 0 Å². The molecule has 0 heterocycles. The lowest BCUT2D eigenvalue weighted by atomic mass is 10.2. The first-order chi connectivity index (χ1) is 8.67. The predicted octanol–water partition coefficient (Wildman–Crippen LogP) is 2.52. The number of hydrogen-bond donors (Lipinski definition) is 1. The minimum Gasteiger partial charge on any atom is -0.496 e. The van der Waals surface area contributed by atoms with Gasteiger partial charge in [0.05, 0.1) is 7.11 Å². The Morgan fingerprint density at radius 2 is 2.06 bits per heavy atom. The molecule has 0 amide bonds. The third kappa shape index (κ3) is 5.07. The summed E-state index contributed by atoms with van der Waals surface area (Å²) in [4.78, 5) is 2.31. The molecule has 102 valence electrons. The summed E-state index contributed by atoms with van der Waals surface area (Å²) in [5.41, 5.74) is 1.24. The van der Waals surface area contributed by atoms with Crippen LogP contribution in [0.5, 0.6) is 5.75 Å². The number of rotatable bonds is 8. The van der Waals surface area contributed by atoms with Gasteiger partial charge in [0.2, 0.25) is 0 Å². The van der Waals surface area contributed by atoms with E-state index in [0.717, 1.165) is 25.4 Å². The third-order valence-corrected chi connectivity index (χ3v) is 3.23. The summed E-state index contributed by atoms with van der Waals surface area (Å²) in [6, 6.07) is 8.80. The van der Waals surface area contributed by atoms with E-state index in [-0.39, 0.29) is 0 Å². The van der Waals surface area contributed by atoms with E-state index in [0.29, 0.717) is 6.04 Å². The Hall–Kier alpha value is -1.06. The van der Waals surface area contributed by atoms with Crippen LogP contribution in [0.4, 0.5) is 0 Å². The SMILES string of the molecule is CCC(C)NCCN(C)Cc1ccccc1OC. The number of para-hydroxylation sites is 1. The maximum atomic E-state index is 5.36. The van der Waals surface area contributed by atoms with Crippen LogP contribution in [0.15, 0.2) is 24.3 Å². The fraction of sp³-hybridized carbons (Fsp3) is 0.600. The van der Waals surface area contributed by atoms with Gasteiger partial charge in [0.15, 0.2) is 0 Å². The molecule has 1 rings (SSSR count). The van der Waals surface area contributed by atoms with Gasteiger partial charge in [0, 0.05) is 31.2 Å². The van der Waals surface area contributed by atoms with Crippen LogP contribution < -0.4 is 10.1 Å². The molecule has 0 saturated carbocycles. The first-order valence-corrected chi connectivity index (χ1v) is 6.71. The van der Waals surface area contributed by atoms with E-state index in [1.54, 1.807) is 7.11 Å². The summed E-state index contributed by atoms with van der Waals surface area (Å²) in [6.07, 6.45) is 1.18. The minimum atomic E-state index is 0.602. The monoisotopic (exact) mass is 250 g/mol. The number of hydrogen-bond acceptors (Lipinski definition) is 3. The number of likely N-dealkylation sites (N-methyl/N-ethyl adjacent to an activating group) is 1. The predicted molar refractivity (Wildman–Crippen MR) is 77.1 cm³/mol. The molecule has 0 aliphatic heterocycles. The minimum absolute atomic E-state index is 0.602. The second-order valence-electron chi connectivity index (χ2n) is 4.81. The molecule has 0 fully saturated rings. The Morgan fingerprint density at radius 1 is 1.33 bits per heavy atom. The van der Waals surface area contributed by atoms with Crippen molar-refractivity contribution in [2.45, 2.75) is 32.9 Å². The van der Waals surface area contributed by atoms with Crippen molar-refractivity contribution in [3.05, 3.63) is 29.8 Å². The van der Waals surface area contributed by atoms with Gasteiger partial charge in [-0.2, -0.15) is 0 Å². The quantitative estimate of drug-likeness (QED) is 0.767. The molecule has 1 unspecified atom stereocenters. The molecule has 0 bridgehead atoms. The topological polar surface area (TPSA) is 24.5 Å². The molecular formula is C15H26N2O. The fourth-order valence-electron chi connectivity index (χ4n) is 1.85. The Balaban J connectivity index is 2.37. The molecule has 0 aliphatic rings. The summed E-state index contributed by atoms with van der Waals surface area (Å²) < 4.78 is 5.36. The lowest BCUT2D eigenvalue weighted by Gasteiger charge is -2.20. The lowest BCUT2D eigenvalue weighted by molar-refractivity contribution is 0.309. The van der Waals surface area contributed by atoms with E-state index in [4.69, 9.17) is 4.74 Å². The summed E-state index contributed by atoms with van der Waals surface area (Å²) in [6.45, 7) is 7.42. The van der Waals surface area contributed by atoms with Crippen molar-refractivity contribution >= 4 is 0 Å². The number of ether oxygens (including phenoxy) is 1. The Bertz CT molecular complexity index is 341. The van der Waals surface area contributed by atoms with Gasteiger partial charge in [-0.25, -0.2) is 0 Å². The second kappa shape index (κ2) is 8.11. The molecule has 0 spiro atoms. The molecule has 3 nitrogen and oxygen atoms in total. The highest BCUT2D eigenvalue weighted by atomic mass is 16.5. The molecule has 0 radical (unpaired) electrons. The largest absolute Gasteiger partial charge is 0.496 e. The van der Waals surface area contributed by atoms with E-state index in [9.17, 15) is 0 Å². The van der Waals surface area contributed by atoms with Crippen molar-refractivity contribution < 1.29 is 4.74 Å². The zero-order valence-corrected chi connectivity index (χ0v) is 12.1. The van der Waals surface area contributed by atoms with Crippen molar-refractivity contribution in [3.8, 4) is 5.75 Å². The second-order valence-corrected chi connectivity index (χ2v) is 4.81. The highest BCUT2D eigenvalue weighted by Gasteiger charge is 2.05. The standard InChI is InChI=1S/C15H26N2O/c1-5-13(2)16-10-11-17(3)12-14-8-6-7-9-15(14)18-4/h6-9,13,16H,5,10-12H2,1-4H3. The van der Waals surface area contributed by atoms with Crippen LogP contribution >= 0.6 is 0 Å². The molecule has 1 N–H and O–H groups in total. The molecular weight excluding hydrogens is 224 g/mol. The van der Waals surface area contributed by atoms with Crippen LogP contribution in [0.25, 0.3) is 0 Å². The average molecular weight is 250 g/mol. The van der Waals surface area contributed by atoms with Gasteiger partial charge in [-0.1, -0.05) is 25.1 Å². The Labute approximate surface area is 111 Å². The van der Waals surface area contributed by atoms with E-state index in [1.165, 1.54) is 12.0 Å². The Morgan fingerprint density at radius 3 is 2.72 bits per heavy atom. The smallest absolute Gasteiger partial charge is 0.123 e. The molecule has 0 aliphatic carbocycles. The highest BCUT2D eigenvalue weighted by molar-refractivity contribution is 5.32. The van der Waals surface area contributed by atoms with Gasteiger partial charge in [-0.15, -0.1) is 0 Å². The van der Waals surface area contributed by atoms with Crippen LogP contribution in [-0.4, -0.2) is 38.2 Å². The zero-order valence-electron chi connectivity index (χ0n) is 12.1. The summed E-state index contributed by atoms with van der Waals surface area (Å²) >= 11 is 0. The maximum Gasteiger partial charge on any atom is 0.123 e. The van der Waals surface area contributed by atoms with Gasteiger partial charge in [0.1, 0.15) is 5.75 Å². The Kier molecular flexibility index (Phi) is 6.76. The van der Waals surface area contributed by atoms with Crippen LogP contribution in [0.1, 0.15) is 25.8 Å². The van der Waals surface area contributed by atoms with Crippen molar-refractivity contribution in [3.63, 3.8) is 0 Å². The summed E-state index contributed by atoms with van der Waals surface area (Å²) in [7, 11) is 3.87. The van der Waals surface area contributed by atoms with Gasteiger partial charge >= 0.3 is 0 Å². The number of methoxy groups -OCH3 is 1.